The number of pyridine rings is 2. The van der Waals surface area contributed by atoms with E-state index in [2.05, 4.69) is 9.97 Å². The van der Waals surface area contributed by atoms with E-state index in [1.165, 1.54) is 6.07 Å². The Balaban J connectivity index is 2.79. The van der Waals surface area contributed by atoms with Gasteiger partial charge in [-0.3, -0.25) is 0 Å². The van der Waals surface area contributed by atoms with Gasteiger partial charge in [-0.05, 0) is 18.2 Å². The largest absolute Gasteiger partial charge is 0.234 e. The minimum atomic E-state index is -0.369. The molecule has 60 valence electrons. The van der Waals surface area contributed by atoms with Gasteiger partial charge in [0, 0.05) is 5.39 Å². The molecule has 2 nitrogen and oxygen atoms in total. The zero-order valence-electron chi connectivity index (χ0n) is 5.96. The van der Waals surface area contributed by atoms with E-state index in [1.54, 1.807) is 12.1 Å². The quantitative estimate of drug-likeness (QED) is 0.585. The first kappa shape index (κ1) is 7.43. The van der Waals surface area contributed by atoms with Crippen molar-refractivity contribution in [3.63, 3.8) is 0 Å². The van der Waals surface area contributed by atoms with Crippen molar-refractivity contribution in [1.29, 1.82) is 0 Å². The molecule has 0 aliphatic carbocycles. The average Bonchev–Trinajstić information content (AvgIpc) is 2.05. The molecule has 2 rings (SSSR count). The lowest BCUT2D eigenvalue weighted by Crippen LogP contribution is -1.85. The van der Waals surface area contributed by atoms with Gasteiger partial charge >= 0.3 is 0 Å². The van der Waals surface area contributed by atoms with Crippen LogP contribution >= 0.6 is 11.6 Å². The number of halogens is 2. The Labute approximate surface area is 73.0 Å². The standard InChI is InChI=1S/C8H4ClFN2/c9-7-2-1-5-3-6(10)4-11-8(5)12-7/h1-4H. The van der Waals surface area contributed by atoms with E-state index < -0.39 is 0 Å². The summed E-state index contributed by atoms with van der Waals surface area (Å²) in [5.41, 5.74) is 0.462. The molecule has 0 saturated heterocycles. The minimum absolute atomic E-state index is 0.363. The molecule has 2 aromatic rings. The van der Waals surface area contributed by atoms with Gasteiger partial charge in [0.15, 0.2) is 5.65 Å². The molecule has 0 fully saturated rings. The van der Waals surface area contributed by atoms with Crippen molar-refractivity contribution in [1.82, 2.24) is 9.97 Å². The van der Waals surface area contributed by atoms with Gasteiger partial charge in [0.2, 0.25) is 0 Å². The Kier molecular flexibility index (Phi) is 1.66. The summed E-state index contributed by atoms with van der Waals surface area (Å²) >= 11 is 5.61. The monoisotopic (exact) mass is 182 g/mol. The van der Waals surface area contributed by atoms with Crippen LogP contribution < -0.4 is 0 Å². The molecule has 0 aliphatic heterocycles. The van der Waals surface area contributed by atoms with Gasteiger partial charge in [-0.15, -0.1) is 0 Å². The lowest BCUT2D eigenvalue weighted by Gasteiger charge is -1.95. The van der Waals surface area contributed by atoms with E-state index in [1.807, 2.05) is 0 Å². The fraction of sp³-hybridized carbons (Fsp3) is 0. The second-order valence-corrected chi connectivity index (χ2v) is 2.72. The maximum Gasteiger partial charge on any atom is 0.161 e. The van der Waals surface area contributed by atoms with E-state index in [0.717, 1.165) is 6.20 Å². The summed E-state index contributed by atoms with van der Waals surface area (Å²) in [7, 11) is 0. The lowest BCUT2D eigenvalue weighted by molar-refractivity contribution is 0.624. The molecule has 0 atom stereocenters. The van der Waals surface area contributed by atoms with Gasteiger partial charge < -0.3 is 0 Å². The zero-order valence-corrected chi connectivity index (χ0v) is 6.72. The maximum atomic E-state index is 12.6. The molecule has 0 N–H and O–H groups in total. The second-order valence-electron chi connectivity index (χ2n) is 2.33. The van der Waals surface area contributed by atoms with Crippen LogP contribution in [0.4, 0.5) is 4.39 Å². The number of fused-ring (bicyclic) bond motifs is 1. The summed E-state index contributed by atoms with van der Waals surface area (Å²) in [4.78, 5) is 7.68. The second kappa shape index (κ2) is 2.68. The average molecular weight is 183 g/mol. The molecule has 0 amide bonds. The number of aromatic nitrogens is 2. The number of hydrogen-bond acceptors (Lipinski definition) is 2. The molecular weight excluding hydrogens is 179 g/mol. The molecule has 2 heterocycles. The van der Waals surface area contributed by atoms with Gasteiger partial charge in [0.05, 0.1) is 6.20 Å². The van der Waals surface area contributed by atoms with Gasteiger partial charge in [-0.1, -0.05) is 11.6 Å². The van der Waals surface area contributed by atoms with Crippen molar-refractivity contribution in [3.8, 4) is 0 Å². The third kappa shape index (κ3) is 1.23. The first-order chi connectivity index (χ1) is 5.75. The van der Waals surface area contributed by atoms with Crippen LogP contribution in [0.15, 0.2) is 24.4 Å². The highest BCUT2D eigenvalue weighted by atomic mass is 35.5. The van der Waals surface area contributed by atoms with E-state index >= 15 is 0 Å². The van der Waals surface area contributed by atoms with Crippen LogP contribution in [-0.2, 0) is 0 Å². The van der Waals surface area contributed by atoms with Crippen molar-refractivity contribution in [2.24, 2.45) is 0 Å². The Morgan fingerprint density at radius 1 is 1.33 bits per heavy atom. The van der Waals surface area contributed by atoms with E-state index in [-0.39, 0.29) is 5.82 Å². The van der Waals surface area contributed by atoms with E-state index in [9.17, 15) is 4.39 Å². The van der Waals surface area contributed by atoms with Gasteiger partial charge in [-0.2, -0.15) is 0 Å². The topological polar surface area (TPSA) is 25.8 Å². The highest BCUT2D eigenvalue weighted by Gasteiger charge is 1.98. The van der Waals surface area contributed by atoms with Crippen molar-refractivity contribution in [2.75, 3.05) is 0 Å². The third-order valence-electron chi connectivity index (χ3n) is 1.47. The summed E-state index contributed by atoms with van der Waals surface area (Å²) in [5, 5.41) is 1.01. The summed E-state index contributed by atoms with van der Waals surface area (Å²) in [5.74, 6) is -0.369. The first-order valence-corrected chi connectivity index (χ1v) is 3.71. The molecule has 0 unspecified atom stereocenters. The zero-order chi connectivity index (χ0) is 8.55. The van der Waals surface area contributed by atoms with E-state index in [4.69, 9.17) is 11.6 Å². The number of rotatable bonds is 0. The summed E-state index contributed by atoms with van der Waals surface area (Å²) < 4.78 is 12.6. The molecule has 2 aromatic heterocycles. The Hall–Kier alpha value is -1.22. The Bertz CT molecular complexity index is 389. The normalized spacial score (nSPS) is 10.5. The highest BCUT2D eigenvalue weighted by Crippen LogP contribution is 2.13. The molecule has 4 heteroatoms. The fourth-order valence-electron chi connectivity index (χ4n) is 0.961. The van der Waals surface area contributed by atoms with Gasteiger partial charge in [-0.25, -0.2) is 14.4 Å². The van der Waals surface area contributed by atoms with Crippen LogP contribution in [0.3, 0.4) is 0 Å². The number of hydrogen-bond donors (Lipinski definition) is 0. The molecule has 0 bridgehead atoms. The van der Waals surface area contributed by atoms with Crippen LogP contribution in [0.25, 0.3) is 11.0 Å². The summed E-state index contributed by atoms with van der Waals surface area (Å²) in [6.07, 6.45) is 1.12. The molecule has 0 aliphatic rings. The van der Waals surface area contributed by atoms with Crippen LogP contribution in [-0.4, -0.2) is 9.97 Å². The SMILES string of the molecule is Fc1cnc2nc(Cl)ccc2c1. The maximum absolute atomic E-state index is 12.6. The Morgan fingerprint density at radius 3 is 3.00 bits per heavy atom. The van der Waals surface area contributed by atoms with Crippen molar-refractivity contribution in [2.45, 2.75) is 0 Å². The van der Waals surface area contributed by atoms with Crippen LogP contribution in [0.2, 0.25) is 5.15 Å². The van der Waals surface area contributed by atoms with Crippen molar-refractivity contribution >= 4 is 22.6 Å². The van der Waals surface area contributed by atoms with Crippen LogP contribution in [0.1, 0.15) is 0 Å². The predicted octanol–water partition coefficient (Wildman–Crippen LogP) is 2.42. The third-order valence-corrected chi connectivity index (χ3v) is 1.69. The molecule has 0 saturated carbocycles. The molecular formula is C8H4ClFN2. The lowest BCUT2D eigenvalue weighted by atomic mass is 10.3. The summed E-state index contributed by atoms with van der Waals surface area (Å²) in [6, 6.07) is 4.65. The number of nitrogens with zero attached hydrogens (tertiary/aromatic N) is 2. The van der Waals surface area contributed by atoms with Crippen LogP contribution in [0.5, 0.6) is 0 Å². The molecule has 0 radical (unpaired) electrons. The van der Waals surface area contributed by atoms with Crippen molar-refractivity contribution < 1.29 is 4.39 Å². The highest BCUT2D eigenvalue weighted by molar-refractivity contribution is 6.29. The minimum Gasteiger partial charge on any atom is -0.234 e. The molecule has 0 spiro atoms. The fourth-order valence-corrected chi connectivity index (χ4v) is 1.10. The van der Waals surface area contributed by atoms with Gasteiger partial charge in [0.1, 0.15) is 11.0 Å². The van der Waals surface area contributed by atoms with Crippen LogP contribution in [0, 0.1) is 5.82 Å². The summed E-state index contributed by atoms with van der Waals surface area (Å²) in [6.45, 7) is 0. The molecule has 0 aromatic carbocycles. The first-order valence-electron chi connectivity index (χ1n) is 3.33. The predicted molar refractivity (Wildman–Crippen MR) is 44.5 cm³/mol. The van der Waals surface area contributed by atoms with E-state index in [0.29, 0.717) is 16.2 Å². The van der Waals surface area contributed by atoms with Gasteiger partial charge in [0.25, 0.3) is 0 Å². The van der Waals surface area contributed by atoms with Crippen molar-refractivity contribution in [3.05, 3.63) is 35.4 Å². The Morgan fingerprint density at radius 2 is 2.17 bits per heavy atom. The smallest absolute Gasteiger partial charge is 0.161 e. The molecule has 12 heavy (non-hydrogen) atoms.